The second-order valence-corrected chi connectivity index (χ2v) is 9.21. The van der Waals surface area contributed by atoms with E-state index in [2.05, 4.69) is 20.5 Å². The van der Waals surface area contributed by atoms with Crippen LogP contribution >= 0.6 is 11.8 Å². The van der Waals surface area contributed by atoms with Crippen LogP contribution in [0.15, 0.2) is 78.1 Å². The molecule has 36 heavy (non-hydrogen) atoms. The van der Waals surface area contributed by atoms with Crippen LogP contribution in [-0.4, -0.2) is 36.3 Å². The third-order valence-electron chi connectivity index (χ3n) is 5.85. The minimum absolute atomic E-state index is 0.0176. The summed E-state index contributed by atoms with van der Waals surface area (Å²) < 4.78 is 1.97. The summed E-state index contributed by atoms with van der Waals surface area (Å²) in [6.07, 6.45) is 1.92. The summed E-state index contributed by atoms with van der Waals surface area (Å²) in [5, 5.41) is 24.4. The molecule has 0 aliphatic heterocycles. The van der Waals surface area contributed by atoms with Crippen LogP contribution in [0.5, 0.6) is 0 Å². The molecule has 0 aliphatic carbocycles. The summed E-state index contributed by atoms with van der Waals surface area (Å²) in [5.41, 5.74) is 5.02. The highest BCUT2D eigenvalue weighted by Crippen LogP contribution is 2.33. The van der Waals surface area contributed by atoms with Gasteiger partial charge in [0.25, 0.3) is 5.69 Å². The Morgan fingerprint density at radius 3 is 2.61 bits per heavy atom. The van der Waals surface area contributed by atoms with Crippen molar-refractivity contribution in [3.63, 3.8) is 0 Å². The zero-order chi connectivity index (χ0) is 25.2. The van der Waals surface area contributed by atoms with Crippen molar-refractivity contribution >= 4 is 39.9 Å². The topological polar surface area (TPSA) is 119 Å². The van der Waals surface area contributed by atoms with Crippen molar-refractivity contribution in [2.75, 3.05) is 11.1 Å². The van der Waals surface area contributed by atoms with E-state index in [0.29, 0.717) is 22.2 Å². The van der Waals surface area contributed by atoms with Crippen LogP contribution < -0.4 is 5.32 Å². The molecule has 10 heteroatoms. The van der Waals surface area contributed by atoms with Crippen molar-refractivity contribution < 1.29 is 9.72 Å². The zero-order valence-electron chi connectivity index (χ0n) is 19.6. The Bertz CT molecular complexity index is 1610. The number of thioether (sulfide) groups is 1. The summed E-state index contributed by atoms with van der Waals surface area (Å²) in [7, 11) is 0. The summed E-state index contributed by atoms with van der Waals surface area (Å²) >= 11 is 1.27. The lowest BCUT2D eigenvalue weighted by Gasteiger charge is -2.13. The monoisotopic (exact) mass is 498 g/mol. The van der Waals surface area contributed by atoms with Gasteiger partial charge in [0.05, 0.1) is 16.4 Å². The number of rotatable bonds is 7. The lowest BCUT2D eigenvalue weighted by atomic mass is 10.1. The first-order chi connectivity index (χ1) is 17.4. The lowest BCUT2D eigenvalue weighted by Crippen LogP contribution is -2.15. The smallest absolute Gasteiger partial charge is 0.269 e. The molecule has 0 fully saturated rings. The summed E-state index contributed by atoms with van der Waals surface area (Å²) in [5.74, 6) is 0.523. The number of anilines is 1. The number of nitro groups is 1. The van der Waals surface area contributed by atoms with Gasteiger partial charge in [-0.2, -0.15) is 0 Å². The summed E-state index contributed by atoms with van der Waals surface area (Å²) in [6, 6.07) is 20.3. The number of aromatic amines is 1. The number of benzene rings is 3. The Labute approximate surface area is 210 Å². The van der Waals surface area contributed by atoms with Gasteiger partial charge in [0.15, 0.2) is 11.0 Å². The molecule has 0 bridgehead atoms. The number of aryl methyl sites for hydroxylation is 2. The van der Waals surface area contributed by atoms with E-state index in [0.717, 1.165) is 27.7 Å². The number of para-hydroxylation sites is 2. The van der Waals surface area contributed by atoms with Crippen molar-refractivity contribution in [3.8, 4) is 17.1 Å². The van der Waals surface area contributed by atoms with E-state index in [1.807, 2.05) is 66.2 Å². The molecule has 0 spiro atoms. The first kappa shape index (κ1) is 23.3. The average molecular weight is 499 g/mol. The number of nitro benzene ring substituents is 1. The molecule has 5 rings (SSSR count). The molecule has 1 amide bonds. The first-order valence-corrected chi connectivity index (χ1v) is 12.2. The molecule has 2 N–H and O–H groups in total. The van der Waals surface area contributed by atoms with Gasteiger partial charge in [-0.1, -0.05) is 48.2 Å². The molecule has 5 aromatic rings. The molecule has 0 atom stereocenters. The molecule has 2 heterocycles. The number of aromatic nitrogens is 4. The number of amides is 1. The highest BCUT2D eigenvalue weighted by molar-refractivity contribution is 7.99. The van der Waals surface area contributed by atoms with Crippen LogP contribution in [0.1, 0.15) is 11.1 Å². The summed E-state index contributed by atoms with van der Waals surface area (Å²) in [6.45, 7) is 3.74. The fraction of sp³-hybridized carbons (Fsp3) is 0.115. The van der Waals surface area contributed by atoms with E-state index in [1.165, 1.54) is 23.9 Å². The Balaban J connectivity index is 1.44. The molecule has 0 saturated carbocycles. The number of hydrogen-bond acceptors (Lipinski definition) is 6. The Morgan fingerprint density at radius 2 is 1.83 bits per heavy atom. The zero-order valence-corrected chi connectivity index (χ0v) is 20.4. The van der Waals surface area contributed by atoms with E-state index in [1.54, 1.807) is 13.0 Å². The second-order valence-electron chi connectivity index (χ2n) is 8.27. The summed E-state index contributed by atoms with van der Waals surface area (Å²) in [4.78, 5) is 26.6. The largest absolute Gasteiger partial charge is 0.360 e. The van der Waals surface area contributed by atoms with Crippen molar-refractivity contribution in [2.45, 2.75) is 19.0 Å². The molecular weight excluding hydrogens is 476 g/mol. The Morgan fingerprint density at radius 1 is 1.06 bits per heavy atom. The molecule has 3 aromatic carbocycles. The van der Waals surface area contributed by atoms with Crippen LogP contribution in [0.3, 0.4) is 0 Å². The van der Waals surface area contributed by atoms with E-state index in [4.69, 9.17) is 0 Å². The maximum Gasteiger partial charge on any atom is 0.269 e. The fourth-order valence-corrected chi connectivity index (χ4v) is 4.79. The number of carbonyl (C=O) groups excluding carboxylic acids is 1. The average Bonchev–Trinajstić information content (AvgIpc) is 3.48. The first-order valence-electron chi connectivity index (χ1n) is 11.2. The van der Waals surface area contributed by atoms with E-state index in [9.17, 15) is 14.9 Å². The van der Waals surface area contributed by atoms with Gasteiger partial charge in [-0.3, -0.25) is 19.5 Å². The van der Waals surface area contributed by atoms with Gasteiger partial charge in [-0.05, 0) is 43.2 Å². The van der Waals surface area contributed by atoms with Crippen molar-refractivity contribution in [1.29, 1.82) is 0 Å². The Kier molecular flexibility index (Phi) is 6.26. The maximum absolute atomic E-state index is 12.8. The van der Waals surface area contributed by atoms with Gasteiger partial charge < -0.3 is 10.3 Å². The fourth-order valence-electron chi connectivity index (χ4n) is 4.04. The molecule has 9 nitrogen and oxygen atoms in total. The van der Waals surface area contributed by atoms with E-state index < -0.39 is 4.92 Å². The van der Waals surface area contributed by atoms with Crippen LogP contribution in [0, 0.1) is 24.0 Å². The molecular formula is C26H22N6O3S. The standard InChI is InChI=1S/C26H22N6O3S/c1-16-7-3-6-10-23(16)31-25(20-14-27-22-9-5-4-8-19(20)22)29-30-26(31)36-15-24(33)28-21-12-11-18(32(34)35)13-17(21)2/h3-14,27H,15H2,1-2H3,(H,28,33). The Hall–Kier alpha value is -4.44. The quantitative estimate of drug-likeness (QED) is 0.169. The second kappa shape index (κ2) is 9.67. The third-order valence-corrected chi connectivity index (χ3v) is 6.78. The van der Waals surface area contributed by atoms with E-state index >= 15 is 0 Å². The highest BCUT2D eigenvalue weighted by atomic mass is 32.2. The number of non-ortho nitro benzene ring substituents is 1. The number of hydrogen-bond donors (Lipinski definition) is 2. The van der Waals surface area contributed by atoms with Crippen LogP contribution in [0.4, 0.5) is 11.4 Å². The van der Waals surface area contributed by atoms with Crippen molar-refractivity contribution in [1.82, 2.24) is 19.7 Å². The minimum atomic E-state index is -0.460. The number of H-pyrrole nitrogens is 1. The van der Waals surface area contributed by atoms with Gasteiger partial charge in [0.1, 0.15) is 0 Å². The molecule has 2 aromatic heterocycles. The molecule has 0 radical (unpaired) electrons. The van der Waals surface area contributed by atoms with Gasteiger partial charge in [0, 0.05) is 40.5 Å². The normalized spacial score (nSPS) is 11.1. The lowest BCUT2D eigenvalue weighted by molar-refractivity contribution is -0.384. The van der Waals surface area contributed by atoms with E-state index in [-0.39, 0.29) is 17.3 Å². The van der Waals surface area contributed by atoms with Gasteiger partial charge in [-0.15, -0.1) is 10.2 Å². The maximum atomic E-state index is 12.8. The van der Waals surface area contributed by atoms with Gasteiger partial charge in [0.2, 0.25) is 5.91 Å². The SMILES string of the molecule is Cc1cc([N+](=O)[O-])ccc1NC(=O)CSc1nnc(-c2c[nH]c3ccccc23)n1-c1ccccc1C. The predicted molar refractivity (Wildman–Crippen MR) is 141 cm³/mol. The van der Waals surface area contributed by atoms with Crippen molar-refractivity contribution in [2.24, 2.45) is 0 Å². The number of nitrogens with one attached hydrogen (secondary N) is 2. The molecule has 180 valence electrons. The van der Waals surface area contributed by atoms with Crippen LogP contribution in [0.25, 0.3) is 28.0 Å². The van der Waals surface area contributed by atoms with Gasteiger partial charge >= 0.3 is 0 Å². The van der Waals surface area contributed by atoms with Crippen molar-refractivity contribution in [3.05, 3.63) is 94.2 Å². The minimum Gasteiger partial charge on any atom is -0.360 e. The number of nitrogens with zero attached hydrogens (tertiary/aromatic N) is 4. The predicted octanol–water partition coefficient (Wildman–Crippen LogP) is 5.67. The molecule has 0 aliphatic rings. The number of carbonyl (C=O) groups is 1. The molecule has 0 saturated heterocycles. The third kappa shape index (κ3) is 4.46. The molecule has 0 unspecified atom stereocenters. The van der Waals surface area contributed by atoms with Crippen LogP contribution in [0.2, 0.25) is 0 Å². The highest BCUT2D eigenvalue weighted by Gasteiger charge is 2.21. The van der Waals surface area contributed by atoms with Gasteiger partial charge in [-0.25, -0.2) is 0 Å². The number of fused-ring (bicyclic) bond motifs is 1. The van der Waals surface area contributed by atoms with Crippen LogP contribution in [-0.2, 0) is 4.79 Å².